The van der Waals surface area contributed by atoms with Crippen LogP contribution >= 0.6 is 0 Å². The molecule has 2 aliphatic heterocycles. The summed E-state index contributed by atoms with van der Waals surface area (Å²) in [6.07, 6.45) is 8.83. The van der Waals surface area contributed by atoms with Gasteiger partial charge in [0, 0.05) is 18.2 Å². The molecule has 3 heterocycles. The van der Waals surface area contributed by atoms with Crippen LogP contribution in [-0.4, -0.2) is 40.3 Å². The summed E-state index contributed by atoms with van der Waals surface area (Å²) >= 11 is 0. The molecule has 0 saturated carbocycles. The second-order valence-corrected chi connectivity index (χ2v) is 7.43. The van der Waals surface area contributed by atoms with Crippen molar-refractivity contribution >= 4 is 23.7 Å². The standard InChI is InChI=1S/C20H23N3O4/c1-3-16-14(10-17(24)26-16)22-19(25)20(2)11-15(23-27-20)18-13-7-5-4-6-12(13)8-9-21-18/h5,7-9,14,16H,3-4,6,10-11H2,1-2H3,(H,22,25)/t14-,16+,20?/m0/s1. The SMILES string of the molecule is CC[C@H]1OC(=O)C[C@@H]1NC(=O)C1(C)CC(c2nccc3c2C=CCC3)=NO1. The number of pyridine rings is 1. The van der Waals surface area contributed by atoms with Crippen LogP contribution in [0.4, 0.5) is 0 Å². The van der Waals surface area contributed by atoms with Gasteiger partial charge in [-0.15, -0.1) is 0 Å². The average molecular weight is 369 g/mol. The average Bonchev–Trinajstić information content (AvgIpc) is 3.24. The lowest BCUT2D eigenvalue weighted by Crippen LogP contribution is -2.50. The zero-order valence-electron chi connectivity index (χ0n) is 15.5. The molecule has 0 bridgehead atoms. The maximum absolute atomic E-state index is 12.8. The topological polar surface area (TPSA) is 89.9 Å². The number of nitrogens with one attached hydrogen (secondary N) is 1. The van der Waals surface area contributed by atoms with E-state index < -0.39 is 5.60 Å². The summed E-state index contributed by atoms with van der Waals surface area (Å²) in [6, 6.07) is 1.69. The van der Waals surface area contributed by atoms with Gasteiger partial charge in [-0.25, -0.2) is 0 Å². The summed E-state index contributed by atoms with van der Waals surface area (Å²) in [4.78, 5) is 34.4. The number of carbonyl (C=O) groups excluding carboxylic acids is 2. The molecule has 1 unspecified atom stereocenters. The highest BCUT2D eigenvalue weighted by Crippen LogP contribution is 2.31. The van der Waals surface area contributed by atoms with E-state index in [4.69, 9.17) is 9.57 Å². The Morgan fingerprint density at radius 3 is 3.11 bits per heavy atom. The predicted molar refractivity (Wildman–Crippen MR) is 99.0 cm³/mol. The van der Waals surface area contributed by atoms with Crippen LogP contribution in [0.15, 0.2) is 23.5 Å². The van der Waals surface area contributed by atoms with Gasteiger partial charge in [-0.05, 0) is 37.8 Å². The Labute approximate surface area is 157 Å². The summed E-state index contributed by atoms with van der Waals surface area (Å²) in [5, 5.41) is 7.09. The fourth-order valence-corrected chi connectivity index (χ4v) is 3.82. The van der Waals surface area contributed by atoms with Gasteiger partial charge in [0.05, 0.1) is 18.2 Å². The van der Waals surface area contributed by atoms with E-state index in [0.717, 1.165) is 24.1 Å². The number of hydrogen-bond donors (Lipinski definition) is 1. The number of carbonyl (C=O) groups is 2. The maximum atomic E-state index is 12.8. The minimum Gasteiger partial charge on any atom is -0.460 e. The van der Waals surface area contributed by atoms with Crippen LogP contribution in [0.2, 0.25) is 0 Å². The van der Waals surface area contributed by atoms with Gasteiger partial charge in [0.2, 0.25) is 5.60 Å². The van der Waals surface area contributed by atoms with Crippen molar-refractivity contribution in [3.8, 4) is 0 Å². The predicted octanol–water partition coefficient (Wildman–Crippen LogP) is 2.13. The summed E-state index contributed by atoms with van der Waals surface area (Å²) in [6.45, 7) is 3.64. The normalized spacial score (nSPS) is 29.0. The molecule has 7 nitrogen and oxygen atoms in total. The van der Waals surface area contributed by atoms with Crippen molar-refractivity contribution in [2.24, 2.45) is 5.16 Å². The fourth-order valence-electron chi connectivity index (χ4n) is 3.82. The van der Waals surface area contributed by atoms with Crippen molar-refractivity contribution in [1.82, 2.24) is 10.3 Å². The number of allylic oxidation sites excluding steroid dienone is 1. The van der Waals surface area contributed by atoms with Crippen LogP contribution < -0.4 is 5.32 Å². The Hall–Kier alpha value is -2.70. The Balaban J connectivity index is 1.49. The molecule has 1 N–H and O–H groups in total. The van der Waals surface area contributed by atoms with E-state index in [1.165, 1.54) is 5.56 Å². The number of hydrogen-bond acceptors (Lipinski definition) is 6. The molecular formula is C20H23N3O4. The number of fused-ring (bicyclic) bond motifs is 1. The van der Waals surface area contributed by atoms with E-state index in [-0.39, 0.29) is 30.4 Å². The molecule has 0 radical (unpaired) electrons. The summed E-state index contributed by atoms with van der Waals surface area (Å²) < 4.78 is 5.23. The first-order valence-corrected chi connectivity index (χ1v) is 9.40. The number of oxime groups is 1. The van der Waals surface area contributed by atoms with Crippen molar-refractivity contribution in [3.63, 3.8) is 0 Å². The highest BCUT2D eigenvalue weighted by Gasteiger charge is 2.45. The molecule has 0 spiro atoms. The van der Waals surface area contributed by atoms with E-state index in [0.29, 0.717) is 18.6 Å². The number of cyclic esters (lactones) is 1. The minimum absolute atomic E-state index is 0.187. The lowest BCUT2D eigenvalue weighted by molar-refractivity contribution is -0.144. The molecule has 7 heteroatoms. The third-order valence-corrected chi connectivity index (χ3v) is 5.40. The molecule has 1 aromatic heterocycles. The minimum atomic E-state index is -1.12. The zero-order chi connectivity index (χ0) is 19.0. The molecular weight excluding hydrogens is 346 g/mol. The summed E-state index contributed by atoms with van der Waals surface area (Å²) in [5.41, 5.74) is 2.60. The molecule has 1 fully saturated rings. The highest BCUT2D eigenvalue weighted by atomic mass is 16.7. The number of amides is 1. The first-order chi connectivity index (χ1) is 13.0. The Kier molecular flexibility index (Phi) is 4.45. The van der Waals surface area contributed by atoms with E-state index in [1.54, 1.807) is 13.1 Å². The third kappa shape index (κ3) is 3.22. The van der Waals surface area contributed by atoms with Crippen molar-refractivity contribution in [3.05, 3.63) is 35.2 Å². The number of esters is 1. The van der Waals surface area contributed by atoms with Crippen LogP contribution in [0, 0.1) is 0 Å². The smallest absolute Gasteiger partial charge is 0.308 e. The molecule has 0 aromatic carbocycles. The Morgan fingerprint density at radius 2 is 2.30 bits per heavy atom. The quantitative estimate of drug-likeness (QED) is 0.821. The van der Waals surface area contributed by atoms with Gasteiger partial charge >= 0.3 is 5.97 Å². The second kappa shape index (κ2) is 6.79. The molecule has 4 rings (SSSR count). The molecule has 1 saturated heterocycles. The van der Waals surface area contributed by atoms with Crippen molar-refractivity contribution in [2.45, 2.75) is 63.7 Å². The lowest BCUT2D eigenvalue weighted by atomic mass is 9.91. The molecule has 3 aliphatic rings. The second-order valence-electron chi connectivity index (χ2n) is 7.43. The zero-order valence-corrected chi connectivity index (χ0v) is 15.5. The Bertz CT molecular complexity index is 848. The monoisotopic (exact) mass is 369 g/mol. The van der Waals surface area contributed by atoms with Gasteiger partial charge in [0.1, 0.15) is 11.8 Å². The third-order valence-electron chi connectivity index (χ3n) is 5.40. The maximum Gasteiger partial charge on any atom is 0.308 e. The van der Waals surface area contributed by atoms with Crippen LogP contribution in [0.1, 0.15) is 56.4 Å². The number of rotatable bonds is 4. The van der Waals surface area contributed by atoms with Crippen LogP contribution in [0.3, 0.4) is 0 Å². The molecule has 1 aromatic rings. The fraction of sp³-hybridized carbons (Fsp3) is 0.500. The first kappa shape index (κ1) is 17.7. The van der Waals surface area contributed by atoms with E-state index in [1.807, 2.05) is 13.0 Å². The number of aromatic nitrogens is 1. The molecule has 142 valence electrons. The van der Waals surface area contributed by atoms with Gasteiger partial charge in [-0.1, -0.05) is 24.2 Å². The van der Waals surface area contributed by atoms with Crippen LogP contribution in [0.25, 0.3) is 6.08 Å². The molecule has 27 heavy (non-hydrogen) atoms. The Morgan fingerprint density at radius 1 is 1.44 bits per heavy atom. The largest absolute Gasteiger partial charge is 0.460 e. The van der Waals surface area contributed by atoms with Gasteiger partial charge in [-0.3, -0.25) is 14.6 Å². The number of aryl methyl sites for hydroxylation is 1. The van der Waals surface area contributed by atoms with E-state index >= 15 is 0 Å². The summed E-state index contributed by atoms with van der Waals surface area (Å²) in [5.74, 6) is -0.572. The van der Waals surface area contributed by atoms with Gasteiger partial charge in [0.25, 0.3) is 5.91 Å². The van der Waals surface area contributed by atoms with Crippen molar-refractivity contribution in [2.75, 3.05) is 0 Å². The van der Waals surface area contributed by atoms with E-state index in [9.17, 15) is 9.59 Å². The van der Waals surface area contributed by atoms with Gasteiger partial charge in [0.15, 0.2) is 0 Å². The van der Waals surface area contributed by atoms with E-state index in [2.05, 4.69) is 27.6 Å². The van der Waals surface area contributed by atoms with Crippen molar-refractivity contribution in [1.29, 1.82) is 0 Å². The van der Waals surface area contributed by atoms with Crippen molar-refractivity contribution < 1.29 is 19.2 Å². The lowest BCUT2D eigenvalue weighted by Gasteiger charge is -2.24. The highest BCUT2D eigenvalue weighted by molar-refractivity contribution is 6.06. The first-order valence-electron chi connectivity index (χ1n) is 9.40. The summed E-state index contributed by atoms with van der Waals surface area (Å²) in [7, 11) is 0. The van der Waals surface area contributed by atoms with Gasteiger partial charge < -0.3 is 14.9 Å². The molecule has 1 aliphatic carbocycles. The van der Waals surface area contributed by atoms with Crippen LogP contribution in [0.5, 0.6) is 0 Å². The molecule has 3 atom stereocenters. The van der Waals surface area contributed by atoms with Gasteiger partial charge in [-0.2, -0.15) is 0 Å². The number of ether oxygens (including phenoxy) is 1. The number of nitrogens with zero attached hydrogens (tertiary/aromatic N) is 2. The van der Waals surface area contributed by atoms with Crippen LogP contribution in [-0.2, 0) is 25.6 Å². The molecule has 1 amide bonds.